The summed E-state index contributed by atoms with van der Waals surface area (Å²) >= 11 is 3.31. The van der Waals surface area contributed by atoms with Crippen molar-refractivity contribution in [1.29, 1.82) is 0 Å². The molecule has 0 fully saturated rings. The highest BCUT2D eigenvalue weighted by Crippen LogP contribution is 2.20. The molecular weight excluding hydrogens is 352 g/mol. The zero-order valence-electron chi connectivity index (χ0n) is 11.4. The second-order valence-corrected chi connectivity index (χ2v) is 7.25. The van der Waals surface area contributed by atoms with Gasteiger partial charge in [-0.15, -0.1) is 0 Å². The van der Waals surface area contributed by atoms with Gasteiger partial charge in [0.25, 0.3) is 10.0 Å². The Balaban J connectivity index is 2.15. The van der Waals surface area contributed by atoms with Crippen LogP contribution in [0.25, 0.3) is 0 Å². The lowest BCUT2D eigenvalue weighted by Gasteiger charge is -2.09. The molecule has 0 heterocycles. The van der Waals surface area contributed by atoms with E-state index >= 15 is 0 Å². The fourth-order valence-electron chi connectivity index (χ4n) is 1.91. The van der Waals surface area contributed by atoms with Crippen LogP contribution < -0.4 is 10.5 Å². The van der Waals surface area contributed by atoms with E-state index in [1.54, 1.807) is 30.3 Å². The number of halogens is 1. The Bertz CT molecular complexity index is 700. The largest absolute Gasteiger partial charge is 0.330 e. The maximum atomic E-state index is 12.3. The predicted octanol–water partition coefficient (Wildman–Crippen LogP) is 3.14. The lowest BCUT2D eigenvalue weighted by atomic mass is 10.1. The van der Waals surface area contributed by atoms with Crippen molar-refractivity contribution >= 4 is 31.6 Å². The van der Waals surface area contributed by atoms with E-state index in [2.05, 4.69) is 20.7 Å². The molecule has 0 saturated heterocycles. The third kappa shape index (κ3) is 4.56. The highest BCUT2D eigenvalue weighted by Gasteiger charge is 2.14. The Morgan fingerprint density at radius 2 is 1.81 bits per heavy atom. The summed E-state index contributed by atoms with van der Waals surface area (Å²) in [5.41, 5.74) is 7.07. The predicted molar refractivity (Wildman–Crippen MR) is 88.8 cm³/mol. The van der Waals surface area contributed by atoms with Crippen molar-refractivity contribution in [3.63, 3.8) is 0 Å². The molecule has 4 nitrogen and oxygen atoms in total. The summed E-state index contributed by atoms with van der Waals surface area (Å²) < 4.78 is 28.0. The van der Waals surface area contributed by atoms with Gasteiger partial charge in [0.15, 0.2) is 0 Å². The van der Waals surface area contributed by atoms with E-state index in [0.29, 0.717) is 12.2 Å². The first-order chi connectivity index (χ1) is 10.0. The maximum absolute atomic E-state index is 12.3. The van der Waals surface area contributed by atoms with Crippen LogP contribution in [0.2, 0.25) is 0 Å². The van der Waals surface area contributed by atoms with Crippen molar-refractivity contribution in [1.82, 2.24) is 0 Å². The van der Waals surface area contributed by atoms with Crippen LogP contribution in [-0.2, 0) is 16.4 Å². The molecule has 0 aliphatic rings. The Morgan fingerprint density at radius 1 is 1.10 bits per heavy atom. The maximum Gasteiger partial charge on any atom is 0.261 e. The lowest BCUT2D eigenvalue weighted by molar-refractivity contribution is 0.601. The van der Waals surface area contributed by atoms with E-state index in [4.69, 9.17) is 5.73 Å². The number of nitrogens with two attached hydrogens (primary N) is 1. The van der Waals surface area contributed by atoms with Crippen LogP contribution in [0.15, 0.2) is 57.9 Å². The third-order valence-electron chi connectivity index (χ3n) is 2.98. The molecular formula is C15H17BrN2O2S. The standard InChI is InChI=1S/C15H17BrN2O2S/c16-13-4-1-5-14(11-13)18-21(19,20)15-8-6-12(7-9-15)3-2-10-17/h1,4-9,11,18H,2-3,10,17H2. The minimum Gasteiger partial charge on any atom is -0.330 e. The first-order valence-electron chi connectivity index (χ1n) is 6.59. The van der Waals surface area contributed by atoms with Crippen molar-refractivity contribution in [2.45, 2.75) is 17.7 Å². The van der Waals surface area contributed by atoms with E-state index in [0.717, 1.165) is 22.9 Å². The van der Waals surface area contributed by atoms with Crippen molar-refractivity contribution in [2.75, 3.05) is 11.3 Å². The summed E-state index contributed by atoms with van der Waals surface area (Å²) in [4.78, 5) is 0.249. The van der Waals surface area contributed by atoms with Crippen molar-refractivity contribution in [3.05, 3.63) is 58.6 Å². The van der Waals surface area contributed by atoms with Crippen LogP contribution in [0.5, 0.6) is 0 Å². The molecule has 0 unspecified atom stereocenters. The summed E-state index contributed by atoms with van der Waals surface area (Å²) in [6.45, 7) is 0.629. The Hall–Kier alpha value is -1.37. The number of sulfonamides is 1. The van der Waals surface area contributed by atoms with Crippen LogP contribution in [0.1, 0.15) is 12.0 Å². The highest BCUT2D eigenvalue weighted by molar-refractivity contribution is 9.10. The fraction of sp³-hybridized carbons (Fsp3) is 0.200. The van der Waals surface area contributed by atoms with E-state index in [-0.39, 0.29) is 4.90 Å². The van der Waals surface area contributed by atoms with Gasteiger partial charge in [0, 0.05) is 10.2 Å². The molecule has 0 atom stereocenters. The molecule has 0 saturated carbocycles. The number of hydrogen-bond acceptors (Lipinski definition) is 3. The highest BCUT2D eigenvalue weighted by atomic mass is 79.9. The number of nitrogens with one attached hydrogen (secondary N) is 1. The van der Waals surface area contributed by atoms with Crippen molar-refractivity contribution in [3.8, 4) is 0 Å². The number of aryl methyl sites for hydroxylation is 1. The first kappa shape index (κ1) is 16.0. The van der Waals surface area contributed by atoms with Gasteiger partial charge in [-0.05, 0) is 55.3 Å². The summed E-state index contributed by atoms with van der Waals surface area (Å²) in [6.07, 6.45) is 1.75. The van der Waals surface area contributed by atoms with Crippen LogP contribution in [0.3, 0.4) is 0 Å². The van der Waals surface area contributed by atoms with Crippen molar-refractivity contribution < 1.29 is 8.42 Å². The molecule has 0 bridgehead atoms. The second kappa shape index (κ2) is 7.06. The van der Waals surface area contributed by atoms with Gasteiger partial charge >= 0.3 is 0 Å². The number of rotatable bonds is 6. The summed E-state index contributed by atoms with van der Waals surface area (Å²) in [7, 11) is -3.56. The fourth-order valence-corrected chi connectivity index (χ4v) is 3.36. The average molecular weight is 369 g/mol. The Labute approximate surface area is 133 Å². The van der Waals surface area contributed by atoms with Gasteiger partial charge in [-0.1, -0.05) is 34.1 Å². The second-order valence-electron chi connectivity index (χ2n) is 4.65. The number of hydrogen-bond donors (Lipinski definition) is 2. The summed E-state index contributed by atoms with van der Waals surface area (Å²) in [5, 5.41) is 0. The Kier molecular flexibility index (Phi) is 5.39. The van der Waals surface area contributed by atoms with E-state index in [1.165, 1.54) is 0 Å². The molecule has 2 aromatic carbocycles. The molecule has 2 aromatic rings. The molecule has 0 radical (unpaired) electrons. The van der Waals surface area contributed by atoms with E-state index in [1.807, 2.05) is 18.2 Å². The minimum absolute atomic E-state index is 0.249. The van der Waals surface area contributed by atoms with Crippen LogP contribution in [0.4, 0.5) is 5.69 Å². The molecule has 21 heavy (non-hydrogen) atoms. The quantitative estimate of drug-likeness (QED) is 0.822. The first-order valence-corrected chi connectivity index (χ1v) is 8.86. The van der Waals surface area contributed by atoms with Crippen LogP contribution in [0, 0.1) is 0 Å². The van der Waals surface area contributed by atoms with Crippen molar-refractivity contribution in [2.24, 2.45) is 5.73 Å². The van der Waals surface area contributed by atoms with Gasteiger partial charge in [-0.2, -0.15) is 0 Å². The van der Waals surface area contributed by atoms with Gasteiger partial charge in [-0.25, -0.2) is 8.42 Å². The summed E-state index contributed by atoms with van der Waals surface area (Å²) in [6, 6.07) is 13.9. The smallest absolute Gasteiger partial charge is 0.261 e. The lowest BCUT2D eigenvalue weighted by Crippen LogP contribution is -2.13. The molecule has 0 aromatic heterocycles. The third-order valence-corrected chi connectivity index (χ3v) is 4.87. The zero-order valence-corrected chi connectivity index (χ0v) is 13.8. The molecule has 0 aliphatic heterocycles. The van der Waals surface area contributed by atoms with E-state index in [9.17, 15) is 8.42 Å². The van der Waals surface area contributed by atoms with E-state index < -0.39 is 10.0 Å². The SMILES string of the molecule is NCCCc1ccc(S(=O)(=O)Nc2cccc(Br)c2)cc1. The zero-order chi connectivity index (χ0) is 15.3. The van der Waals surface area contributed by atoms with Crippen LogP contribution >= 0.6 is 15.9 Å². The van der Waals surface area contributed by atoms with Gasteiger partial charge in [-0.3, -0.25) is 4.72 Å². The van der Waals surface area contributed by atoms with Gasteiger partial charge in [0.2, 0.25) is 0 Å². The minimum atomic E-state index is -3.56. The molecule has 2 rings (SSSR count). The normalized spacial score (nSPS) is 11.3. The van der Waals surface area contributed by atoms with Gasteiger partial charge in [0.1, 0.15) is 0 Å². The molecule has 0 spiro atoms. The number of anilines is 1. The average Bonchev–Trinajstić information content (AvgIpc) is 2.45. The summed E-state index contributed by atoms with van der Waals surface area (Å²) in [5.74, 6) is 0. The molecule has 0 amide bonds. The molecule has 112 valence electrons. The Morgan fingerprint density at radius 3 is 2.43 bits per heavy atom. The molecule has 6 heteroatoms. The van der Waals surface area contributed by atoms with Gasteiger partial charge < -0.3 is 5.73 Å². The van der Waals surface area contributed by atoms with Crippen LogP contribution in [-0.4, -0.2) is 15.0 Å². The molecule has 3 N–H and O–H groups in total. The van der Waals surface area contributed by atoms with Gasteiger partial charge in [0.05, 0.1) is 4.90 Å². The monoisotopic (exact) mass is 368 g/mol. The molecule has 0 aliphatic carbocycles. The number of benzene rings is 2. The topological polar surface area (TPSA) is 72.2 Å².